The zero-order valence-corrected chi connectivity index (χ0v) is 9.39. The van der Waals surface area contributed by atoms with E-state index in [1.165, 1.54) is 10.9 Å². The third kappa shape index (κ3) is 1.25. The zero-order valence-electron chi connectivity index (χ0n) is 7.51. The molecule has 0 radical (unpaired) electrons. The Bertz CT molecular complexity index is 505. The van der Waals surface area contributed by atoms with E-state index in [1.54, 1.807) is 0 Å². The van der Waals surface area contributed by atoms with Crippen LogP contribution < -0.4 is 0 Å². The van der Waals surface area contributed by atoms with Crippen molar-refractivity contribution in [2.75, 3.05) is 0 Å². The Morgan fingerprint density at radius 1 is 1.14 bits per heavy atom. The van der Waals surface area contributed by atoms with Crippen LogP contribution in [0.25, 0.3) is 17.0 Å². The van der Waals surface area contributed by atoms with Crippen LogP contribution in [-0.2, 0) is 0 Å². The monoisotopic (exact) mass is 241 g/mol. The molecule has 0 fully saturated rings. The first-order valence-corrected chi connectivity index (χ1v) is 6.70. The maximum atomic E-state index is 4.61. The molecule has 1 aliphatic rings. The molecule has 3 rings (SSSR count). The predicted octanol–water partition coefficient (Wildman–Crippen LogP) is 2.07. The fraction of sp³-hybridized carbons (Fsp3) is 0. The third-order valence-electron chi connectivity index (χ3n) is 2.32. The average Bonchev–Trinajstić information content (AvgIpc) is 2.26. The van der Waals surface area contributed by atoms with Gasteiger partial charge in [-0.3, -0.25) is 0 Å². The second-order valence-corrected chi connectivity index (χ2v) is 5.04. The molecule has 0 saturated carbocycles. The van der Waals surface area contributed by atoms with E-state index in [9.17, 15) is 0 Å². The van der Waals surface area contributed by atoms with Gasteiger partial charge in [0, 0.05) is 0 Å². The molecule has 0 saturated heterocycles. The summed E-state index contributed by atoms with van der Waals surface area (Å²) in [5.74, 6) is 0. The van der Waals surface area contributed by atoms with E-state index in [2.05, 4.69) is 45.0 Å². The molecule has 1 aromatic heterocycles. The fourth-order valence-corrected chi connectivity index (χ4v) is 3.05. The molecule has 1 nitrogen and oxygen atoms in total. The maximum absolute atomic E-state index is 4.61. The summed E-state index contributed by atoms with van der Waals surface area (Å²) in [5, 5.41) is 1.24. The van der Waals surface area contributed by atoms with Crippen molar-refractivity contribution >= 4 is 37.1 Å². The number of rotatable bonds is 0. The van der Waals surface area contributed by atoms with Crippen LogP contribution >= 0.6 is 0 Å². The summed E-state index contributed by atoms with van der Waals surface area (Å²) in [7, 11) is 0. The minimum atomic E-state index is 0.256. The van der Waals surface area contributed by atoms with E-state index in [0.717, 1.165) is 11.2 Å². The van der Waals surface area contributed by atoms with Gasteiger partial charge in [0.1, 0.15) is 0 Å². The molecule has 0 atom stereocenters. The molecule has 14 heavy (non-hydrogen) atoms. The molecular formula is C12H8AsN. The molecule has 0 spiro atoms. The number of hydrogen-bond acceptors (Lipinski definition) is 1. The van der Waals surface area contributed by atoms with Crippen LogP contribution in [0, 0.1) is 0 Å². The Balaban J connectivity index is 2.40. The second-order valence-electron chi connectivity index (χ2n) is 3.25. The number of fused-ring (bicyclic) bond motifs is 2. The first-order chi connectivity index (χ1) is 6.93. The van der Waals surface area contributed by atoms with Crippen molar-refractivity contribution in [3.63, 3.8) is 0 Å². The average molecular weight is 241 g/mol. The number of hydrogen-bond donors (Lipinski definition) is 0. The van der Waals surface area contributed by atoms with Crippen LogP contribution in [0.1, 0.15) is 11.3 Å². The number of para-hydroxylation sites is 1. The van der Waals surface area contributed by atoms with E-state index in [1.807, 2.05) is 6.07 Å². The molecule has 0 bridgehead atoms. The Kier molecular flexibility index (Phi) is 1.85. The molecule has 1 aromatic carbocycles. The molecule has 66 valence electrons. The van der Waals surface area contributed by atoms with Gasteiger partial charge in [-0.2, -0.15) is 0 Å². The topological polar surface area (TPSA) is 12.9 Å². The standard InChI is InChI=1S/C12H8AsN/c1-2-4-11-9(3-1)7-10-8-13-6-5-12(10)14-11/h1-8H. The quantitative estimate of drug-likeness (QED) is 0.643. The Morgan fingerprint density at radius 3 is 3.07 bits per heavy atom. The van der Waals surface area contributed by atoms with Crippen molar-refractivity contribution in [1.29, 1.82) is 0 Å². The molecule has 1 aliphatic heterocycles. The van der Waals surface area contributed by atoms with Gasteiger partial charge in [0.25, 0.3) is 0 Å². The summed E-state index contributed by atoms with van der Waals surface area (Å²) < 4.78 is 0. The van der Waals surface area contributed by atoms with Crippen molar-refractivity contribution in [2.45, 2.75) is 0 Å². The summed E-state index contributed by atoms with van der Waals surface area (Å²) in [4.78, 5) is 9.16. The number of pyridine rings is 1. The summed E-state index contributed by atoms with van der Waals surface area (Å²) in [6.45, 7) is 0. The number of benzene rings is 1. The van der Waals surface area contributed by atoms with Crippen molar-refractivity contribution in [3.8, 4) is 0 Å². The summed E-state index contributed by atoms with van der Waals surface area (Å²) in [6.07, 6.45) is 2.14. The van der Waals surface area contributed by atoms with Crippen LogP contribution in [0.15, 0.2) is 35.2 Å². The van der Waals surface area contributed by atoms with E-state index in [4.69, 9.17) is 0 Å². The van der Waals surface area contributed by atoms with Gasteiger partial charge in [-0.15, -0.1) is 0 Å². The Morgan fingerprint density at radius 2 is 2.07 bits per heavy atom. The second kappa shape index (κ2) is 3.18. The fourth-order valence-electron chi connectivity index (χ4n) is 1.62. The normalized spacial score (nSPS) is 14.3. The van der Waals surface area contributed by atoms with Gasteiger partial charge in [0.2, 0.25) is 0 Å². The van der Waals surface area contributed by atoms with Crippen LogP contribution in [0.3, 0.4) is 0 Å². The van der Waals surface area contributed by atoms with Crippen LogP contribution in [-0.4, -0.2) is 25.1 Å². The van der Waals surface area contributed by atoms with E-state index < -0.39 is 0 Å². The number of nitrogens with zero attached hydrogens (tertiary/aromatic N) is 1. The third-order valence-corrected chi connectivity index (χ3v) is 3.89. The van der Waals surface area contributed by atoms with Crippen molar-refractivity contribution < 1.29 is 0 Å². The van der Waals surface area contributed by atoms with Gasteiger partial charge in [-0.25, -0.2) is 0 Å². The number of aromatic nitrogens is 1. The molecule has 2 heterocycles. The summed E-state index contributed by atoms with van der Waals surface area (Å²) in [5.41, 5.74) is 3.50. The molecule has 2 aromatic rings. The van der Waals surface area contributed by atoms with Crippen molar-refractivity contribution in [1.82, 2.24) is 4.98 Å². The molecular weight excluding hydrogens is 233 g/mol. The van der Waals surface area contributed by atoms with E-state index in [0.29, 0.717) is 0 Å². The van der Waals surface area contributed by atoms with Crippen LogP contribution in [0.4, 0.5) is 0 Å². The van der Waals surface area contributed by atoms with Crippen LogP contribution in [0.5, 0.6) is 0 Å². The zero-order chi connectivity index (χ0) is 9.38. The van der Waals surface area contributed by atoms with Crippen molar-refractivity contribution in [3.05, 3.63) is 46.5 Å². The molecule has 2 heteroatoms. The van der Waals surface area contributed by atoms with Gasteiger partial charge in [-0.1, -0.05) is 0 Å². The predicted molar refractivity (Wildman–Crippen MR) is 61.7 cm³/mol. The van der Waals surface area contributed by atoms with Gasteiger partial charge in [-0.05, 0) is 0 Å². The van der Waals surface area contributed by atoms with E-state index >= 15 is 0 Å². The van der Waals surface area contributed by atoms with Gasteiger partial charge in [0.15, 0.2) is 0 Å². The van der Waals surface area contributed by atoms with Crippen LogP contribution in [0.2, 0.25) is 0 Å². The van der Waals surface area contributed by atoms with Crippen molar-refractivity contribution in [2.24, 2.45) is 0 Å². The molecule has 0 aliphatic carbocycles. The van der Waals surface area contributed by atoms with E-state index in [-0.39, 0.29) is 15.3 Å². The Hall–Kier alpha value is -1.20. The molecule has 0 amide bonds. The first-order valence-electron chi connectivity index (χ1n) is 4.53. The summed E-state index contributed by atoms with van der Waals surface area (Å²) >= 11 is 0.256. The summed E-state index contributed by atoms with van der Waals surface area (Å²) in [6, 6.07) is 10.5. The SMILES string of the molecule is C1=Cc2nc3ccccc3cc2C=[As]1. The van der Waals surface area contributed by atoms with Gasteiger partial charge < -0.3 is 0 Å². The first kappa shape index (κ1) is 8.14. The van der Waals surface area contributed by atoms with Gasteiger partial charge >= 0.3 is 88.5 Å². The molecule has 0 unspecified atom stereocenters. The van der Waals surface area contributed by atoms with Gasteiger partial charge in [0.05, 0.1) is 0 Å². The molecule has 0 N–H and O–H groups in total. The Labute approximate surface area is 88.7 Å². The minimum absolute atomic E-state index is 0.256.